The first-order valence-electron chi connectivity index (χ1n) is 8.58. The molecule has 3 rings (SSSR count). The summed E-state index contributed by atoms with van der Waals surface area (Å²) in [6.45, 7) is 4.15. The van der Waals surface area contributed by atoms with Gasteiger partial charge in [0.25, 0.3) is 0 Å². The van der Waals surface area contributed by atoms with E-state index in [0.29, 0.717) is 6.42 Å². The molecule has 0 saturated carbocycles. The van der Waals surface area contributed by atoms with Crippen LogP contribution in [0.25, 0.3) is 0 Å². The van der Waals surface area contributed by atoms with Crippen LogP contribution in [0.4, 0.5) is 0 Å². The monoisotopic (exact) mass is 307 g/mol. The molecule has 120 valence electrons. The van der Waals surface area contributed by atoms with Gasteiger partial charge in [0.2, 0.25) is 5.91 Å². The van der Waals surface area contributed by atoms with Gasteiger partial charge in [0.1, 0.15) is 0 Å². The molecule has 2 aromatic carbocycles. The van der Waals surface area contributed by atoms with Crippen molar-refractivity contribution in [1.82, 2.24) is 5.32 Å². The molecule has 0 bridgehead atoms. The molecule has 1 N–H and O–H groups in total. The van der Waals surface area contributed by atoms with E-state index in [1.54, 1.807) is 0 Å². The van der Waals surface area contributed by atoms with Crippen LogP contribution < -0.4 is 5.32 Å². The first kappa shape index (κ1) is 15.8. The molecule has 1 unspecified atom stereocenters. The molecule has 2 heteroatoms. The molecular weight excluding hydrogens is 282 g/mol. The Balaban J connectivity index is 1.54. The third kappa shape index (κ3) is 4.01. The summed E-state index contributed by atoms with van der Waals surface area (Å²) in [5, 5.41) is 3.13. The van der Waals surface area contributed by atoms with Gasteiger partial charge in [-0.3, -0.25) is 4.79 Å². The maximum atomic E-state index is 12.2. The molecule has 0 radical (unpaired) electrons. The molecule has 1 aliphatic rings. The highest BCUT2D eigenvalue weighted by atomic mass is 16.1. The number of benzene rings is 2. The normalized spacial score (nSPS) is 14.3. The fourth-order valence-corrected chi connectivity index (χ4v) is 3.27. The molecule has 1 aliphatic carbocycles. The molecule has 0 spiro atoms. The number of carbonyl (C=O) groups excluding carboxylic acids is 1. The van der Waals surface area contributed by atoms with Crippen LogP contribution in [0.1, 0.15) is 53.6 Å². The molecule has 0 saturated heterocycles. The summed E-state index contributed by atoms with van der Waals surface area (Å²) in [6, 6.07) is 15.1. The van der Waals surface area contributed by atoms with Gasteiger partial charge < -0.3 is 5.32 Å². The Morgan fingerprint density at radius 1 is 1.09 bits per heavy atom. The van der Waals surface area contributed by atoms with E-state index < -0.39 is 0 Å². The van der Waals surface area contributed by atoms with Crippen LogP contribution in [0.5, 0.6) is 0 Å². The number of fused-ring (bicyclic) bond motifs is 1. The van der Waals surface area contributed by atoms with Gasteiger partial charge in [0.15, 0.2) is 0 Å². The van der Waals surface area contributed by atoms with Gasteiger partial charge in [0, 0.05) is 6.42 Å². The molecule has 2 aromatic rings. The summed E-state index contributed by atoms with van der Waals surface area (Å²) in [4.78, 5) is 12.2. The van der Waals surface area contributed by atoms with Crippen molar-refractivity contribution in [2.75, 3.05) is 0 Å². The predicted octanol–water partition coefficient (Wildman–Crippen LogP) is 4.29. The van der Waals surface area contributed by atoms with Crippen molar-refractivity contribution in [3.63, 3.8) is 0 Å². The number of aryl methyl sites for hydroxylation is 4. The van der Waals surface area contributed by atoms with Crippen LogP contribution >= 0.6 is 0 Å². The zero-order valence-corrected chi connectivity index (χ0v) is 14.1. The smallest absolute Gasteiger partial charge is 0.220 e. The van der Waals surface area contributed by atoms with Crippen LogP contribution in [0.2, 0.25) is 0 Å². The van der Waals surface area contributed by atoms with Gasteiger partial charge in [-0.2, -0.15) is 0 Å². The largest absolute Gasteiger partial charge is 0.350 e. The predicted molar refractivity (Wildman–Crippen MR) is 94.5 cm³/mol. The maximum absolute atomic E-state index is 12.2. The molecule has 0 aromatic heterocycles. The first-order chi connectivity index (χ1) is 11.1. The third-order valence-corrected chi connectivity index (χ3v) is 4.76. The van der Waals surface area contributed by atoms with Crippen LogP contribution in [-0.2, 0) is 24.1 Å². The van der Waals surface area contributed by atoms with Gasteiger partial charge in [0.05, 0.1) is 6.04 Å². The number of amides is 1. The summed E-state index contributed by atoms with van der Waals surface area (Å²) >= 11 is 0. The highest BCUT2D eigenvalue weighted by Gasteiger charge is 2.14. The molecule has 1 amide bonds. The van der Waals surface area contributed by atoms with Crippen molar-refractivity contribution in [1.29, 1.82) is 0 Å². The molecule has 1 atom stereocenters. The summed E-state index contributed by atoms with van der Waals surface area (Å²) in [5.74, 6) is 0.124. The van der Waals surface area contributed by atoms with E-state index >= 15 is 0 Å². The Morgan fingerprint density at radius 3 is 2.61 bits per heavy atom. The Kier molecular flexibility index (Phi) is 4.80. The second-order valence-electron chi connectivity index (χ2n) is 6.66. The minimum atomic E-state index is 0.0754. The highest BCUT2D eigenvalue weighted by Crippen LogP contribution is 2.25. The van der Waals surface area contributed by atoms with E-state index in [1.165, 1.54) is 47.1 Å². The lowest BCUT2D eigenvalue weighted by Crippen LogP contribution is -2.26. The number of hydrogen-bond acceptors (Lipinski definition) is 1. The minimum Gasteiger partial charge on any atom is -0.350 e. The number of hydrogen-bond donors (Lipinski definition) is 1. The van der Waals surface area contributed by atoms with Crippen LogP contribution in [0.15, 0.2) is 42.5 Å². The lowest BCUT2D eigenvalue weighted by Gasteiger charge is -2.15. The summed E-state index contributed by atoms with van der Waals surface area (Å²) in [5.41, 5.74) is 6.63. The van der Waals surface area contributed by atoms with E-state index in [1.807, 2.05) is 0 Å². The van der Waals surface area contributed by atoms with Crippen molar-refractivity contribution in [3.8, 4) is 0 Å². The molecule has 0 heterocycles. The third-order valence-electron chi connectivity index (χ3n) is 4.76. The zero-order valence-electron chi connectivity index (χ0n) is 14.1. The number of nitrogens with one attached hydrogen (secondary N) is 1. The van der Waals surface area contributed by atoms with Crippen LogP contribution in [0.3, 0.4) is 0 Å². The average Bonchev–Trinajstić information content (AvgIpc) is 3.02. The minimum absolute atomic E-state index is 0.0754. The Hall–Kier alpha value is -2.09. The quantitative estimate of drug-likeness (QED) is 0.877. The van der Waals surface area contributed by atoms with E-state index in [2.05, 4.69) is 61.6 Å². The topological polar surface area (TPSA) is 29.1 Å². The van der Waals surface area contributed by atoms with E-state index in [9.17, 15) is 4.79 Å². The van der Waals surface area contributed by atoms with Crippen molar-refractivity contribution in [2.24, 2.45) is 0 Å². The molecule has 23 heavy (non-hydrogen) atoms. The van der Waals surface area contributed by atoms with Gasteiger partial charge in [-0.25, -0.2) is 0 Å². The van der Waals surface area contributed by atoms with Crippen LogP contribution in [0, 0.1) is 6.92 Å². The van der Waals surface area contributed by atoms with Crippen molar-refractivity contribution >= 4 is 5.91 Å². The Bertz CT molecular complexity index is 687. The van der Waals surface area contributed by atoms with Gasteiger partial charge in [-0.05, 0) is 61.8 Å². The standard InChI is InChI=1S/C21H25NO/c1-15-6-8-17(9-7-15)10-13-21(23)22-16(2)19-12-11-18-4-3-5-20(18)14-19/h6-9,11-12,14,16H,3-5,10,13H2,1-2H3,(H,22,23). The van der Waals surface area contributed by atoms with E-state index in [-0.39, 0.29) is 11.9 Å². The van der Waals surface area contributed by atoms with E-state index in [4.69, 9.17) is 0 Å². The van der Waals surface area contributed by atoms with E-state index in [0.717, 1.165) is 6.42 Å². The summed E-state index contributed by atoms with van der Waals surface area (Å²) < 4.78 is 0. The van der Waals surface area contributed by atoms with Gasteiger partial charge >= 0.3 is 0 Å². The summed E-state index contributed by atoms with van der Waals surface area (Å²) in [7, 11) is 0. The molecule has 0 fully saturated rings. The fraction of sp³-hybridized carbons (Fsp3) is 0.381. The SMILES string of the molecule is Cc1ccc(CCC(=O)NC(C)c2ccc3c(c2)CCC3)cc1. The lowest BCUT2D eigenvalue weighted by atomic mass is 10.0. The van der Waals surface area contributed by atoms with Crippen molar-refractivity contribution < 1.29 is 4.79 Å². The second-order valence-corrected chi connectivity index (χ2v) is 6.66. The van der Waals surface area contributed by atoms with Crippen molar-refractivity contribution in [2.45, 2.75) is 52.0 Å². The maximum Gasteiger partial charge on any atom is 0.220 e. The fourth-order valence-electron chi connectivity index (χ4n) is 3.27. The Morgan fingerprint density at radius 2 is 1.83 bits per heavy atom. The average molecular weight is 307 g/mol. The zero-order chi connectivity index (χ0) is 16.2. The molecular formula is C21H25NO. The number of rotatable bonds is 5. The highest BCUT2D eigenvalue weighted by molar-refractivity contribution is 5.76. The van der Waals surface area contributed by atoms with Crippen LogP contribution in [-0.4, -0.2) is 5.91 Å². The first-order valence-corrected chi connectivity index (χ1v) is 8.58. The second kappa shape index (κ2) is 6.99. The van der Waals surface area contributed by atoms with Crippen molar-refractivity contribution in [3.05, 3.63) is 70.3 Å². The Labute approximate surface area is 138 Å². The molecule has 0 aliphatic heterocycles. The number of carbonyl (C=O) groups is 1. The summed E-state index contributed by atoms with van der Waals surface area (Å²) in [6.07, 6.45) is 4.97. The van der Waals surface area contributed by atoms with Gasteiger partial charge in [-0.1, -0.05) is 48.0 Å². The van der Waals surface area contributed by atoms with Gasteiger partial charge in [-0.15, -0.1) is 0 Å². The lowest BCUT2D eigenvalue weighted by molar-refractivity contribution is -0.121. The molecule has 2 nitrogen and oxygen atoms in total.